The van der Waals surface area contributed by atoms with E-state index in [9.17, 15) is 9.59 Å². The zero-order valence-corrected chi connectivity index (χ0v) is 11.5. The molecule has 0 heterocycles. The molecule has 18 heavy (non-hydrogen) atoms. The van der Waals surface area contributed by atoms with Gasteiger partial charge in [-0.2, -0.15) is 0 Å². The summed E-state index contributed by atoms with van der Waals surface area (Å²) in [5, 5.41) is 0. The second-order valence-corrected chi connectivity index (χ2v) is 4.46. The standard InChI is InChI=1S/C14H22O4/c1-4-17-13(15)10(3)12(14(16)18-5-2)11-8-6-7-9-11/h11H,4-9H2,1-3H3. The molecule has 1 rings (SSSR count). The van der Waals surface area contributed by atoms with Gasteiger partial charge < -0.3 is 9.47 Å². The zero-order chi connectivity index (χ0) is 13.5. The van der Waals surface area contributed by atoms with Crippen LogP contribution in [0.2, 0.25) is 0 Å². The van der Waals surface area contributed by atoms with Crippen LogP contribution in [0.25, 0.3) is 0 Å². The van der Waals surface area contributed by atoms with Crippen molar-refractivity contribution in [1.29, 1.82) is 0 Å². The summed E-state index contributed by atoms with van der Waals surface area (Å²) in [7, 11) is 0. The molecule has 0 N–H and O–H groups in total. The van der Waals surface area contributed by atoms with Crippen molar-refractivity contribution in [2.45, 2.75) is 46.5 Å². The average molecular weight is 254 g/mol. The number of rotatable bonds is 5. The summed E-state index contributed by atoms with van der Waals surface area (Å²) in [4.78, 5) is 23.8. The molecule has 1 aliphatic carbocycles. The van der Waals surface area contributed by atoms with Crippen LogP contribution in [-0.2, 0) is 19.1 Å². The van der Waals surface area contributed by atoms with Gasteiger partial charge in [-0.3, -0.25) is 0 Å². The Morgan fingerprint density at radius 3 is 2.00 bits per heavy atom. The molecule has 102 valence electrons. The minimum absolute atomic E-state index is 0.147. The minimum atomic E-state index is -0.410. The van der Waals surface area contributed by atoms with Crippen LogP contribution in [-0.4, -0.2) is 25.2 Å². The van der Waals surface area contributed by atoms with Gasteiger partial charge in [-0.15, -0.1) is 0 Å². The highest BCUT2D eigenvalue weighted by Crippen LogP contribution is 2.33. The van der Waals surface area contributed by atoms with Crippen molar-refractivity contribution >= 4 is 11.9 Å². The maximum Gasteiger partial charge on any atom is 0.334 e. The van der Waals surface area contributed by atoms with Crippen LogP contribution < -0.4 is 0 Å². The number of hydrogen-bond acceptors (Lipinski definition) is 4. The Balaban J connectivity index is 2.97. The Hall–Kier alpha value is -1.32. The number of esters is 2. The molecule has 0 aliphatic heterocycles. The molecule has 0 aromatic heterocycles. The van der Waals surface area contributed by atoms with E-state index < -0.39 is 5.97 Å². The predicted octanol–water partition coefficient (Wildman–Crippen LogP) is 2.62. The van der Waals surface area contributed by atoms with Crippen LogP contribution in [0, 0.1) is 5.92 Å². The van der Waals surface area contributed by atoms with Crippen LogP contribution in [0.1, 0.15) is 46.5 Å². The molecule has 0 unspecified atom stereocenters. The Bertz CT molecular complexity index is 338. The van der Waals surface area contributed by atoms with E-state index in [0.29, 0.717) is 24.4 Å². The van der Waals surface area contributed by atoms with Gasteiger partial charge in [0.2, 0.25) is 0 Å². The lowest BCUT2D eigenvalue weighted by molar-refractivity contribution is -0.142. The maximum atomic E-state index is 12.0. The molecule has 4 heteroatoms. The van der Waals surface area contributed by atoms with Gasteiger partial charge in [-0.25, -0.2) is 9.59 Å². The van der Waals surface area contributed by atoms with E-state index in [1.165, 1.54) is 0 Å². The largest absolute Gasteiger partial charge is 0.463 e. The summed E-state index contributed by atoms with van der Waals surface area (Å²) >= 11 is 0. The van der Waals surface area contributed by atoms with E-state index in [1.54, 1.807) is 20.8 Å². The van der Waals surface area contributed by atoms with Crippen LogP contribution >= 0.6 is 0 Å². The van der Waals surface area contributed by atoms with Crippen LogP contribution in [0.3, 0.4) is 0 Å². The third-order valence-electron chi connectivity index (χ3n) is 3.24. The molecule has 1 saturated carbocycles. The number of hydrogen-bond donors (Lipinski definition) is 0. The van der Waals surface area contributed by atoms with Gasteiger partial charge in [0.1, 0.15) is 0 Å². The summed E-state index contributed by atoms with van der Waals surface area (Å²) in [6.07, 6.45) is 4.10. The molecule has 1 aliphatic rings. The first-order chi connectivity index (χ1) is 8.61. The zero-order valence-electron chi connectivity index (χ0n) is 11.5. The van der Waals surface area contributed by atoms with Crippen molar-refractivity contribution < 1.29 is 19.1 Å². The fourth-order valence-electron chi connectivity index (χ4n) is 2.40. The smallest absolute Gasteiger partial charge is 0.334 e. The van der Waals surface area contributed by atoms with E-state index in [0.717, 1.165) is 25.7 Å². The average Bonchev–Trinajstić information content (AvgIpc) is 2.83. The summed E-state index contributed by atoms with van der Waals surface area (Å²) in [5.74, 6) is -0.629. The third-order valence-corrected chi connectivity index (χ3v) is 3.24. The first-order valence-electron chi connectivity index (χ1n) is 6.66. The quantitative estimate of drug-likeness (QED) is 0.559. The Morgan fingerprint density at radius 2 is 1.50 bits per heavy atom. The van der Waals surface area contributed by atoms with Crippen LogP contribution in [0.4, 0.5) is 0 Å². The summed E-state index contributed by atoms with van der Waals surface area (Å²) in [5.41, 5.74) is 0.926. The molecule has 0 bridgehead atoms. The second-order valence-electron chi connectivity index (χ2n) is 4.46. The predicted molar refractivity (Wildman–Crippen MR) is 67.9 cm³/mol. The maximum absolute atomic E-state index is 12.0. The van der Waals surface area contributed by atoms with Gasteiger partial charge >= 0.3 is 11.9 Å². The van der Waals surface area contributed by atoms with E-state index in [2.05, 4.69) is 0 Å². The molecule has 1 fully saturated rings. The SMILES string of the molecule is CCOC(=O)C(C)=C(C(=O)OCC)C1CCCC1. The lowest BCUT2D eigenvalue weighted by Gasteiger charge is -2.16. The normalized spacial score (nSPS) is 17.3. The van der Waals surface area contributed by atoms with Gasteiger partial charge in [-0.05, 0) is 39.5 Å². The first kappa shape index (κ1) is 14.7. The van der Waals surface area contributed by atoms with Gasteiger partial charge in [0.05, 0.1) is 18.8 Å². The molecular formula is C14H22O4. The molecule has 0 aromatic carbocycles. The molecule has 0 spiro atoms. The molecule has 0 radical (unpaired) electrons. The first-order valence-corrected chi connectivity index (χ1v) is 6.66. The Kier molecular flexibility index (Phi) is 5.89. The summed E-state index contributed by atoms with van der Waals surface area (Å²) < 4.78 is 10.0. The van der Waals surface area contributed by atoms with Crippen molar-refractivity contribution in [3.8, 4) is 0 Å². The summed E-state index contributed by atoms with van der Waals surface area (Å²) in [6.45, 7) is 5.82. The number of carbonyl (C=O) groups is 2. The number of ether oxygens (including phenoxy) is 2. The lowest BCUT2D eigenvalue weighted by Crippen LogP contribution is -2.20. The highest BCUT2D eigenvalue weighted by Gasteiger charge is 2.29. The highest BCUT2D eigenvalue weighted by molar-refractivity contribution is 6.00. The van der Waals surface area contributed by atoms with E-state index in [1.807, 2.05) is 0 Å². The van der Waals surface area contributed by atoms with Crippen molar-refractivity contribution in [1.82, 2.24) is 0 Å². The van der Waals surface area contributed by atoms with Crippen molar-refractivity contribution in [3.63, 3.8) is 0 Å². The molecule has 4 nitrogen and oxygen atoms in total. The van der Waals surface area contributed by atoms with Crippen molar-refractivity contribution in [2.24, 2.45) is 5.92 Å². The van der Waals surface area contributed by atoms with Gasteiger partial charge in [0.15, 0.2) is 0 Å². The van der Waals surface area contributed by atoms with Gasteiger partial charge in [0.25, 0.3) is 0 Å². The molecule has 0 aromatic rings. The van der Waals surface area contributed by atoms with Crippen LogP contribution in [0.5, 0.6) is 0 Å². The third kappa shape index (κ3) is 3.59. The second kappa shape index (κ2) is 7.19. The molecule has 0 amide bonds. The molecule has 0 atom stereocenters. The monoisotopic (exact) mass is 254 g/mol. The molecular weight excluding hydrogens is 232 g/mol. The topological polar surface area (TPSA) is 52.6 Å². The van der Waals surface area contributed by atoms with Crippen molar-refractivity contribution in [3.05, 3.63) is 11.1 Å². The van der Waals surface area contributed by atoms with Gasteiger partial charge in [0, 0.05) is 5.57 Å². The fraction of sp³-hybridized carbons (Fsp3) is 0.714. The van der Waals surface area contributed by atoms with Crippen molar-refractivity contribution in [2.75, 3.05) is 13.2 Å². The van der Waals surface area contributed by atoms with E-state index in [-0.39, 0.29) is 11.9 Å². The fourth-order valence-corrected chi connectivity index (χ4v) is 2.40. The van der Waals surface area contributed by atoms with E-state index >= 15 is 0 Å². The lowest BCUT2D eigenvalue weighted by atomic mass is 9.93. The Labute approximate surface area is 108 Å². The summed E-state index contributed by atoms with van der Waals surface area (Å²) in [6, 6.07) is 0. The molecule has 0 saturated heterocycles. The minimum Gasteiger partial charge on any atom is -0.463 e. The Morgan fingerprint density at radius 1 is 1.00 bits per heavy atom. The van der Waals surface area contributed by atoms with Gasteiger partial charge in [-0.1, -0.05) is 12.8 Å². The number of carbonyl (C=O) groups excluding carboxylic acids is 2. The highest BCUT2D eigenvalue weighted by atomic mass is 16.5. The van der Waals surface area contributed by atoms with E-state index in [4.69, 9.17) is 9.47 Å². The van der Waals surface area contributed by atoms with Crippen LogP contribution in [0.15, 0.2) is 11.1 Å².